The minimum atomic E-state index is -0.532. The number of likely N-dealkylation sites (tertiary alicyclic amines) is 1. The van der Waals surface area contributed by atoms with Crippen molar-refractivity contribution in [2.45, 2.75) is 46.5 Å². The van der Waals surface area contributed by atoms with Crippen LogP contribution in [0.25, 0.3) is 0 Å². The fourth-order valence-electron chi connectivity index (χ4n) is 3.39. The summed E-state index contributed by atoms with van der Waals surface area (Å²) in [6, 6.07) is 0. The summed E-state index contributed by atoms with van der Waals surface area (Å²) in [5.74, 6) is 0.984. The summed E-state index contributed by atoms with van der Waals surface area (Å²) in [6.45, 7) is 12.8. The molecule has 2 heterocycles. The van der Waals surface area contributed by atoms with Crippen LogP contribution >= 0.6 is 0 Å². The van der Waals surface area contributed by atoms with Crippen molar-refractivity contribution in [1.29, 1.82) is 0 Å². The molecule has 2 fully saturated rings. The molecule has 0 spiro atoms. The highest BCUT2D eigenvalue weighted by molar-refractivity contribution is 5.88. The molecule has 1 N–H and O–H groups in total. The molecular weight excluding hydrogens is 290 g/mol. The average Bonchev–Trinajstić information content (AvgIpc) is 2.54. The lowest BCUT2D eigenvalue weighted by Crippen LogP contribution is -2.45. The summed E-state index contributed by atoms with van der Waals surface area (Å²) in [6.07, 6.45) is 3.81. The normalized spacial score (nSPS) is 21.4. The van der Waals surface area contributed by atoms with Crippen LogP contribution in [0.5, 0.6) is 0 Å². The third-order valence-electron chi connectivity index (χ3n) is 5.58. The maximum atomic E-state index is 12.4. The van der Waals surface area contributed by atoms with Gasteiger partial charge in [-0.25, -0.2) is 0 Å². The zero-order valence-electron chi connectivity index (χ0n) is 15.1. The first kappa shape index (κ1) is 18.4. The van der Waals surface area contributed by atoms with Crippen molar-refractivity contribution in [3.8, 4) is 0 Å². The number of rotatable bonds is 6. The summed E-state index contributed by atoms with van der Waals surface area (Å²) in [7, 11) is 0. The Bertz CT molecular complexity index is 408. The molecule has 2 rings (SSSR count). The van der Waals surface area contributed by atoms with Crippen LogP contribution < -0.4 is 5.32 Å². The quantitative estimate of drug-likeness (QED) is 0.805. The predicted octanol–water partition coefficient (Wildman–Crippen LogP) is 1.53. The monoisotopic (exact) mass is 323 g/mol. The Balaban J connectivity index is 1.68. The molecule has 0 radical (unpaired) electrons. The van der Waals surface area contributed by atoms with Crippen molar-refractivity contribution in [3.05, 3.63) is 0 Å². The Morgan fingerprint density at radius 2 is 1.70 bits per heavy atom. The van der Waals surface area contributed by atoms with E-state index in [1.54, 1.807) is 6.92 Å². The first-order chi connectivity index (χ1) is 10.9. The number of hydrogen-bond donors (Lipinski definition) is 1. The largest absolute Gasteiger partial charge is 0.343 e. The first-order valence-electron chi connectivity index (χ1n) is 9.10. The fourth-order valence-corrected chi connectivity index (χ4v) is 3.39. The second kappa shape index (κ2) is 8.25. The van der Waals surface area contributed by atoms with Gasteiger partial charge in [-0.15, -0.1) is 0 Å². The smallest absolute Gasteiger partial charge is 0.223 e. The number of Topliss-reactive ketones (excluding diaryl/α,β-unsaturated/α-hetero) is 1. The van der Waals surface area contributed by atoms with Gasteiger partial charge in [0.25, 0.3) is 0 Å². The van der Waals surface area contributed by atoms with Gasteiger partial charge in [0.2, 0.25) is 5.91 Å². The number of carbonyl (C=O) groups is 2. The van der Waals surface area contributed by atoms with Gasteiger partial charge in [-0.1, -0.05) is 13.8 Å². The molecule has 132 valence electrons. The molecule has 0 saturated carbocycles. The lowest BCUT2D eigenvalue weighted by atomic mass is 9.84. The van der Waals surface area contributed by atoms with E-state index in [1.807, 2.05) is 18.7 Å². The number of nitrogens with one attached hydrogen (secondary N) is 1. The molecule has 5 heteroatoms. The minimum absolute atomic E-state index is 0.0942. The highest BCUT2D eigenvalue weighted by Crippen LogP contribution is 2.26. The lowest BCUT2D eigenvalue weighted by molar-refractivity contribution is -0.139. The molecule has 0 unspecified atom stereocenters. The van der Waals surface area contributed by atoms with Crippen molar-refractivity contribution in [2.75, 3.05) is 45.8 Å². The Kier molecular flexibility index (Phi) is 6.60. The summed E-state index contributed by atoms with van der Waals surface area (Å²) in [5.41, 5.74) is -0.532. The molecule has 0 aromatic rings. The number of piperidine rings is 1. The summed E-state index contributed by atoms with van der Waals surface area (Å²) >= 11 is 0. The van der Waals surface area contributed by atoms with E-state index in [-0.39, 0.29) is 11.7 Å². The highest BCUT2D eigenvalue weighted by Gasteiger charge is 2.31. The number of amides is 1. The molecule has 0 aliphatic carbocycles. The van der Waals surface area contributed by atoms with Crippen LogP contribution in [0.1, 0.15) is 46.5 Å². The van der Waals surface area contributed by atoms with Crippen LogP contribution in [-0.2, 0) is 9.59 Å². The van der Waals surface area contributed by atoms with Crippen molar-refractivity contribution in [2.24, 2.45) is 11.3 Å². The molecule has 23 heavy (non-hydrogen) atoms. The van der Waals surface area contributed by atoms with Gasteiger partial charge in [-0.3, -0.25) is 9.59 Å². The van der Waals surface area contributed by atoms with Gasteiger partial charge in [0, 0.05) is 51.1 Å². The van der Waals surface area contributed by atoms with E-state index >= 15 is 0 Å². The molecule has 5 nitrogen and oxygen atoms in total. The molecule has 1 amide bonds. The van der Waals surface area contributed by atoms with E-state index < -0.39 is 5.41 Å². The van der Waals surface area contributed by atoms with Crippen LogP contribution in [0.4, 0.5) is 0 Å². The van der Waals surface area contributed by atoms with Gasteiger partial charge in [-0.2, -0.15) is 0 Å². The van der Waals surface area contributed by atoms with Crippen LogP contribution in [0.2, 0.25) is 0 Å². The summed E-state index contributed by atoms with van der Waals surface area (Å²) in [4.78, 5) is 28.5. The van der Waals surface area contributed by atoms with Crippen LogP contribution in [-0.4, -0.2) is 67.3 Å². The summed E-state index contributed by atoms with van der Waals surface area (Å²) < 4.78 is 0. The van der Waals surface area contributed by atoms with Gasteiger partial charge >= 0.3 is 0 Å². The third kappa shape index (κ3) is 5.57. The predicted molar refractivity (Wildman–Crippen MR) is 92.3 cm³/mol. The molecule has 2 aliphatic rings. The molecule has 0 atom stereocenters. The van der Waals surface area contributed by atoms with Crippen LogP contribution in [0, 0.1) is 11.3 Å². The van der Waals surface area contributed by atoms with E-state index in [0.29, 0.717) is 6.42 Å². The number of nitrogens with zero attached hydrogens (tertiary/aromatic N) is 2. The van der Waals surface area contributed by atoms with Crippen molar-refractivity contribution >= 4 is 11.7 Å². The number of hydrogen-bond acceptors (Lipinski definition) is 4. The Labute approximate surface area is 140 Å². The fraction of sp³-hybridized carbons (Fsp3) is 0.889. The number of ketones is 1. The topological polar surface area (TPSA) is 52.7 Å². The van der Waals surface area contributed by atoms with Crippen LogP contribution in [0.3, 0.4) is 0 Å². The van der Waals surface area contributed by atoms with Gasteiger partial charge in [0.15, 0.2) is 0 Å². The van der Waals surface area contributed by atoms with E-state index in [0.717, 1.165) is 58.0 Å². The molecular formula is C18H33N3O2. The zero-order valence-corrected chi connectivity index (χ0v) is 15.1. The Hall–Kier alpha value is -0.940. The first-order valence-corrected chi connectivity index (χ1v) is 9.10. The second-order valence-corrected chi connectivity index (χ2v) is 7.82. The highest BCUT2D eigenvalue weighted by atomic mass is 16.2. The summed E-state index contributed by atoms with van der Waals surface area (Å²) in [5, 5.41) is 3.39. The SMILES string of the molecule is CC(=O)C(C)(C)CC(=O)N1CCC(CCN2CCNCC2)CC1. The van der Waals surface area contributed by atoms with Gasteiger partial charge < -0.3 is 15.1 Å². The molecule has 0 aromatic carbocycles. The number of carbonyl (C=O) groups excluding carboxylic acids is 2. The minimum Gasteiger partial charge on any atom is -0.343 e. The van der Waals surface area contributed by atoms with Gasteiger partial charge in [0.1, 0.15) is 5.78 Å². The third-order valence-corrected chi connectivity index (χ3v) is 5.58. The van der Waals surface area contributed by atoms with Crippen molar-refractivity contribution in [1.82, 2.24) is 15.1 Å². The molecule has 2 saturated heterocycles. The Morgan fingerprint density at radius 1 is 1.09 bits per heavy atom. The molecule has 0 aromatic heterocycles. The zero-order chi connectivity index (χ0) is 16.9. The van der Waals surface area contributed by atoms with Crippen molar-refractivity contribution in [3.63, 3.8) is 0 Å². The van der Waals surface area contributed by atoms with E-state index in [2.05, 4.69) is 10.2 Å². The van der Waals surface area contributed by atoms with Gasteiger partial charge in [0.05, 0.1) is 0 Å². The second-order valence-electron chi connectivity index (χ2n) is 7.82. The van der Waals surface area contributed by atoms with Crippen LogP contribution in [0.15, 0.2) is 0 Å². The molecule has 2 aliphatic heterocycles. The standard InChI is InChI=1S/C18H33N3O2/c1-15(22)18(2,3)14-17(23)21-10-5-16(6-11-21)4-9-20-12-7-19-8-13-20/h16,19H,4-14H2,1-3H3. The average molecular weight is 323 g/mol. The van der Waals surface area contributed by atoms with E-state index in [4.69, 9.17) is 0 Å². The van der Waals surface area contributed by atoms with E-state index in [1.165, 1.54) is 13.0 Å². The van der Waals surface area contributed by atoms with Gasteiger partial charge in [-0.05, 0) is 38.6 Å². The van der Waals surface area contributed by atoms with Crippen molar-refractivity contribution < 1.29 is 9.59 Å². The maximum absolute atomic E-state index is 12.4. The van der Waals surface area contributed by atoms with E-state index in [9.17, 15) is 9.59 Å². The lowest BCUT2D eigenvalue weighted by Gasteiger charge is -2.35. The number of piperazine rings is 1. The molecule has 0 bridgehead atoms. The maximum Gasteiger partial charge on any atom is 0.223 e. The Morgan fingerprint density at radius 3 is 2.26 bits per heavy atom.